The van der Waals surface area contributed by atoms with Crippen molar-refractivity contribution in [1.82, 2.24) is 25.5 Å². The molecule has 1 aromatic heterocycles. The summed E-state index contributed by atoms with van der Waals surface area (Å²) in [6.07, 6.45) is 2.36. The number of allylic oxidation sites excluding steroid dienone is 1. The normalized spacial score (nSPS) is 19.3. The molecule has 3 amide bonds. The number of urea groups is 1. The first-order chi connectivity index (χ1) is 13.1. The number of rotatable bonds is 3. The molecular formula is C19H21N5O3. The maximum Gasteiger partial charge on any atom is 0.319 e. The summed E-state index contributed by atoms with van der Waals surface area (Å²) in [6, 6.07) is 6.48. The number of imidazole rings is 1. The van der Waals surface area contributed by atoms with Crippen LogP contribution in [0, 0.1) is 0 Å². The molecule has 0 spiro atoms. The van der Waals surface area contributed by atoms with Crippen LogP contribution in [0.15, 0.2) is 41.9 Å². The molecule has 8 nitrogen and oxygen atoms in total. The molecule has 8 heteroatoms. The molecule has 0 aliphatic carbocycles. The van der Waals surface area contributed by atoms with Gasteiger partial charge < -0.3 is 25.3 Å². The highest BCUT2D eigenvalue weighted by molar-refractivity contribution is 5.98. The Labute approximate surface area is 156 Å². The molecule has 0 bridgehead atoms. The van der Waals surface area contributed by atoms with E-state index in [1.807, 2.05) is 24.3 Å². The summed E-state index contributed by atoms with van der Waals surface area (Å²) in [5, 5.41) is 5.59. The van der Waals surface area contributed by atoms with E-state index in [1.165, 1.54) is 0 Å². The number of hydrogen-bond acceptors (Lipinski definition) is 4. The molecular weight excluding hydrogens is 346 g/mol. The summed E-state index contributed by atoms with van der Waals surface area (Å²) in [5.74, 6) is 0.508. The fourth-order valence-electron chi connectivity index (χ4n) is 3.67. The average Bonchev–Trinajstić information content (AvgIpc) is 3.14. The number of amides is 3. The summed E-state index contributed by atoms with van der Waals surface area (Å²) < 4.78 is 5.45. The smallest absolute Gasteiger partial charge is 0.319 e. The van der Waals surface area contributed by atoms with Crippen molar-refractivity contribution in [3.05, 3.63) is 58.8 Å². The van der Waals surface area contributed by atoms with Crippen molar-refractivity contribution in [2.24, 2.45) is 0 Å². The highest BCUT2D eigenvalue weighted by Crippen LogP contribution is 2.34. The lowest BCUT2D eigenvalue weighted by Gasteiger charge is -2.34. The van der Waals surface area contributed by atoms with E-state index in [0.717, 1.165) is 17.0 Å². The van der Waals surface area contributed by atoms with E-state index in [0.29, 0.717) is 36.5 Å². The minimum atomic E-state index is -0.578. The van der Waals surface area contributed by atoms with Gasteiger partial charge in [0.15, 0.2) is 0 Å². The SMILES string of the molecule is COc1ccccc1[C@H]1NC(=O)NC(C)=C1C(=O)N1CCc2nc[nH]c2C1. The Balaban J connectivity index is 1.71. The van der Waals surface area contributed by atoms with Crippen molar-refractivity contribution in [3.8, 4) is 5.75 Å². The highest BCUT2D eigenvalue weighted by atomic mass is 16.5. The van der Waals surface area contributed by atoms with Gasteiger partial charge in [-0.15, -0.1) is 0 Å². The topological polar surface area (TPSA) is 99.3 Å². The van der Waals surface area contributed by atoms with Crippen molar-refractivity contribution >= 4 is 11.9 Å². The van der Waals surface area contributed by atoms with Gasteiger partial charge in [0.2, 0.25) is 0 Å². The van der Waals surface area contributed by atoms with Crippen LogP contribution in [0.25, 0.3) is 0 Å². The molecule has 27 heavy (non-hydrogen) atoms. The van der Waals surface area contributed by atoms with Crippen LogP contribution in [0.4, 0.5) is 4.79 Å². The average molecular weight is 367 g/mol. The molecule has 2 aromatic rings. The molecule has 3 heterocycles. The van der Waals surface area contributed by atoms with Crippen molar-refractivity contribution < 1.29 is 14.3 Å². The zero-order valence-electron chi connectivity index (χ0n) is 15.2. The molecule has 0 radical (unpaired) electrons. The number of nitrogens with one attached hydrogen (secondary N) is 3. The standard InChI is InChI=1S/C19H21N5O3/c1-11-16(18(25)24-8-7-13-14(9-24)21-10-20-13)17(23-19(26)22-11)12-5-3-4-6-15(12)27-2/h3-6,10,17H,7-9H2,1-2H3,(H,20,21)(H2,22,23,26)/t17-/m1/s1. The summed E-state index contributed by atoms with van der Waals surface area (Å²) in [4.78, 5) is 34.6. The fourth-order valence-corrected chi connectivity index (χ4v) is 3.67. The Morgan fingerprint density at radius 3 is 2.96 bits per heavy atom. The second kappa shape index (κ2) is 6.79. The van der Waals surface area contributed by atoms with Crippen molar-refractivity contribution in [2.75, 3.05) is 13.7 Å². The molecule has 4 rings (SSSR count). The number of nitrogens with zero attached hydrogens (tertiary/aromatic N) is 2. The van der Waals surface area contributed by atoms with Crippen LogP contribution in [0.2, 0.25) is 0 Å². The number of methoxy groups -OCH3 is 1. The summed E-state index contributed by atoms with van der Waals surface area (Å²) in [7, 11) is 1.57. The summed E-state index contributed by atoms with van der Waals surface area (Å²) >= 11 is 0. The zero-order valence-corrected chi connectivity index (χ0v) is 15.2. The van der Waals surface area contributed by atoms with Gasteiger partial charge in [0.1, 0.15) is 5.75 Å². The molecule has 0 fully saturated rings. The first kappa shape index (κ1) is 17.1. The highest BCUT2D eigenvalue weighted by Gasteiger charge is 2.36. The first-order valence-corrected chi connectivity index (χ1v) is 8.80. The van der Waals surface area contributed by atoms with Crippen molar-refractivity contribution in [3.63, 3.8) is 0 Å². The van der Waals surface area contributed by atoms with E-state index in [1.54, 1.807) is 25.3 Å². The van der Waals surface area contributed by atoms with Gasteiger partial charge in [-0.3, -0.25) is 4.79 Å². The maximum absolute atomic E-state index is 13.4. The van der Waals surface area contributed by atoms with E-state index in [4.69, 9.17) is 4.74 Å². The quantitative estimate of drug-likeness (QED) is 0.768. The Bertz CT molecular complexity index is 933. The molecule has 1 aromatic carbocycles. The van der Waals surface area contributed by atoms with Gasteiger partial charge in [-0.2, -0.15) is 0 Å². The number of carbonyl (C=O) groups excluding carboxylic acids is 2. The number of aromatic amines is 1. The minimum absolute atomic E-state index is 0.115. The lowest BCUT2D eigenvalue weighted by molar-refractivity contribution is -0.128. The van der Waals surface area contributed by atoms with Crippen LogP contribution in [0.5, 0.6) is 5.75 Å². The van der Waals surface area contributed by atoms with Gasteiger partial charge >= 0.3 is 6.03 Å². The largest absolute Gasteiger partial charge is 0.496 e. The zero-order chi connectivity index (χ0) is 19.0. The molecule has 0 saturated heterocycles. The Kier molecular flexibility index (Phi) is 4.31. The second-order valence-corrected chi connectivity index (χ2v) is 6.62. The molecule has 3 N–H and O–H groups in total. The van der Waals surface area contributed by atoms with E-state index >= 15 is 0 Å². The number of para-hydroxylation sites is 1. The van der Waals surface area contributed by atoms with Gasteiger partial charge in [0.25, 0.3) is 5.91 Å². The Morgan fingerprint density at radius 1 is 1.33 bits per heavy atom. The Morgan fingerprint density at radius 2 is 2.15 bits per heavy atom. The van der Waals surface area contributed by atoms with Crippen LogP contribution < -0.4 is 15.4 Å². The first-order valence-electron chi connectivity index (χ1n) is 8.80. The van der Waals surface area contributed by atoms with Crippen molar-refractivity contribution in [1.29, 1.82) is 0 Å². The van der Waals surface area contributed by atoms with Crippen LogP contribution in [0.1, 0.15) is 29.9 Å². The van der Waals surface area contributed by atoms with E-state index in [-0.39, 0.29) is 11.9 Å². The third kappa shape index (κ3) is 3.03. The number of H-pyrrole nitrogens is 1. The predicted octanol–water partition coefficient (Wildman–Crippen LogP) is 1.63. The number of fused-ring (bicyclic) bond motifs is 1. The number of benzene rings is 1. The van der Waals surface area contributed by atoms with Crippen molar-refractivity contribution in [2.45, 2.75) is 25.9 Å². The maximum atomic E-state index is 13.4. The van der Waals surface area contributed by atoms with Gasteiger partial charge in [0, 0.05) is 24.2 Å². The number of carbonyl (C=O) groups is 2. The lowest BCUT2D eigenvalue weighted by atomic mass is 9.93. The van der Waals surface area contributed by atoms with E-state index in [2.05, 4.69) is 20.6 Å². The van der Waals surface area contributed by atoms with Crippen LogP contribution in [-0.4, -0.2) is 40.5 Å². The molecule has 0 unspecified atom stereocenters. The third-order valence-corrected chi connectivity index (χ3v) is 5.01. The predicted molar refractivity (Wildman–Crippen MR) is 97.8 cm³/mol. The molecule has 140 valence electrons. The monoisotopic (exact) mass is 367 g/mol. The van der Waals surface area contributed by atoms with Gasteiger partial charge in [0.05, 0.1) is 43.0 Å². The van der Waals surface area contributed by atoms with E-state index in [9.17, 15) is 9.59 Å². The van der Waals surface area contributed by atoms with Crippen LogP contribution >= 0.6 is 0 Å². The number of ether oxygens (including phenoxy) is 1. The Hall–Kier alpha value is -3.29. The molecule has 2 aliphatic rings. The molecule has 0 saturated carbocycles. The summed E-state index contributed by atoms with van der Waals surface area (Å²) in [6.45, 7) is 2.80. The van der Waals surface area contributed by atoms with Gasteiger partial charge in [-0.25, -0.2) is 9.78 Å². The van der Waals surface area contributed by atoms with Crippen LogP contribution in [0.3, 0.4) is 0 Å². The third-order valence-electron chi connectivity index (χ3n) is 5.01. The number of hydrogen-bond donors (Lipinski definition) is 3. The lowest BCUT2D eigenvalue weighted by Crippen LogP contribution is -2.48. The van der Waals surface area contributed by atoms with Gasteiger partial charge in [-0.05, 0) is 13.0 Å². The molecule has 1 atom stereocenters. The second-order valence-electron chi connectivity index (χ2n) is 6.62. The minimum Gasteiger partial charge on any atom is -0.496 e. The molecule has 2 aliphatic heterocycles. The number of aromatic nitrogens is 2. The van der Waals surface area contributed by atoms with Crippen LogP contribution in [-0.2, 0) is 17.8 Å². The fraction of sp³-hybridized carbons (Fsp3) is 0.316. The van der Waals surface area contributed by atoms with Gasteiger partial charge in [-0.1, -0.05) is 18.2 Å². The van der Waals surface area contributed by atoms with E-state index < -0.39 is 6.04 Å². The summed E-state index contributed by atoms with van der Waals surface area (Å²) in [5.41, 5.74) is 3.77.